The number of nitrogens with zero attached hydrogens (tertiary/aromatic N) is 3. The highest BCUT2D eigenvalue weighted by Gasteiger charge is 2.28. The zero-order valence-electron chi connectivity index (χ0n) is 15.6. The van der Waals surface area contributed by atoms with Crippen LogP contribution < -0.4 is 10.5 Å². The molecule has 148 valence electrons. The Kier molecular flexibility index (Phi) is 4.75. The number of hydrogen-bond donors (Lipinski definition) is 1. The third-order valence-corrected chi connectivity index (χ3v) is 5.83. The highest BCUT2D eigenvalue weighted by Crippen LogP contribution is 2.26. The van der Waals surface area contributed by atoms with E-state index in [-0.39, 0.29) is 27.7 Å². The van der Waals surface area contributed by atoms with E-state index in [4.69, 9.17) is 0 Å². The van der Waals surface area contributed by atoms with Crippen LogP contribution >= 0.6 is 0 Å². The maximum Gasteiger partial charge on any atom is 0.259 e. The number of carbonyl (C=O) groups excluding carboxylic acids is 1. The Balaban J connectivity index is 1.80. The highest BCUT2D eigenvalue weighted by molar-refractivity contribution is 7.90. The third-order valence-electron chi connectivity index (χ3n) is 4.72. The van der Waals surface area contributed by atoms with Gasteiger partial charge in [0, 0.05) is 24.6 Å². The summed E-state index contributed by atoms with van der Waals surface area (Å²) in [7, 11) is -3.45. The summed E-state index contributed by atoms with van der Waals surface area (Å²) in [5.74, 6) is 0.163. The number of aromatic nitrogens is 3. The standard InChI is InChI=1S/C20H18N4O4S/c1-29(27,28)14-7-4-6-13(12-14)20(26)24-11-5-8-15-18(24)22-17(23-19(15)25)16-9-2-3-10-21-16/h2-4,6-7,9-10,12H,5,8,11H2,1H3,(H,22,23,25). The first-order valence-electron chi connectivity index (χ1n) is 9.01. The monoisotopic (exact) mass is 410 g/mol. The van der Waals surface area contributed by atoms with Gasteiger partial charge < -0.3 is 4.98 Å². The molecule has 3 heterocycles. The molecule has 1 N–H and O–H groups in total. The zero-order valence-corrected chi connectivity index (χ0v) is 16.4. The molecule has 1 aromatic carbocycles. The van der Waals surface area contributed by atoms with Gasteiger partial charge in [0.15, 0.2) is 15.7 Å². The number of nitrogens with one attached hydrogen (secondary N) is 1. The van der Waals surface area contributed by atoms with E-state index in [1.807, 2.05) is 0 Å². The molecule has 0 fully saturated rings. The minimum atomic E-state index is -3.45. The van der Waals surface area contributed by atoms with Gasteiger partial charge in [-0.1, -0.05) is 12.1 Å². The normalized spacial score (nSPS) is 13.8. The first-order valence-corrected chi connectivity index (χ1v) is 10.9. The van der Waals surface area contributed by atoms with Crippen LogP contribution in [0, 0.1) is 0 Å². The number of hydrogen-bond acceptors (Lipinski definition) is 6. The van der Waals surface area contributed by atoms with Gasteiger partial charge in [0.05, 0.1) is 10.5 Å². The molecule has 29 heavy (non-hydrogen) atoms. The van der Waals surface area contributed by atoms with Crippen LogP contribution in [-0.4, -0.2) is 42.1 Å². The van der Waals surface area contributed by atoms with E-state index < -0.39 is 15.7 Å². The third kappa shape index (κ3) is 3.68. The molecule has 0 radical (unpaired) electrons. The lowest BCUT2D eigenvalue weighted by Gasteiger charge is -2.28. The molecule has 8 nitrogen and oxygen atoms in total. The van der Waals surface area contributed by atoms with Crippen LogP contribution in [0.2, 0.25) is 0 Å². The Hall–Kier alpha value is -3.33. The van der Waals surface area contributed by atoms with Crippen LogP contribution in [0.3, 0.4) is 0 Å². The molecule has 3 aromatic rings. The van der Waals surface area contributed by atoms with Gasteiger partial charge in [0.25, 0.3) is 11.5 Å². The zero-order chi connectivity index (χ0) is 20.6. The lowest BCUT2D eigenvalue weighted by molar-refractivity contribution is 0.0984. The Morgan fingerprint density at radius 1 is 1.17 bits per heavy atom. The van der Waals surface area contributed by atoms with Crippen molar-refractivity contribution in [2.75, 3.05) is 17.7 Å². The average Bonchev–Trinajstić information content (AvgIpc) is 2.73. The Morgan fingerprint density at radius 3 is 2.72 bits per heavy atom. The summed E-state index contributed by atoms with van der Waals surface area (Å²) >= 11 is 0. The summed E-state index contributed by atoms with van der Waals surface area (Å²) in [6.07, 6.45) is 3.80. The molecule has 4 rings (SSSR count). The van der Waals surface area contributed by atoms with Gasteiger partial charge in [-0.25, -0.2) is 13.4 Å². The van der Waals surface area contributed by atoms with Crippen molar-refractivity contribution in [3.63, 3.8) is 0 Å². The molecule has 1 amide bonds. The molecule has 0 unspecified atom stereocenters. The highest BCUT2D eigenvalue weighted by atomic mass is 32.2. The SMILES string of the molecule is CS(=O)(=O)c1cccc(C(=O)N2CCCc3c2nc(-c2ccccn2)[nH]c3=O)c1. The van der Waals surface area contributed by atoms with E-state index in [1.54, 1.807) is 30.5 Å². The van der Waals surface area contributed by atoms with Crippen molar-refractivity contribution in [2.45, 2.75) is 17.7 Å². The molecule has 1 aliphatic heterocycles. The summed E-state index contributed by atoms with van der Waals surface area (Å²) in [5.41, 5.74) is 0.841. The second-order valence-electron chi connectivity index (χ2n) is 6.79. The number of fused-ring (bicyclic) bond motifs is 1. The fourth-order valence-electron chi connectivity index (χ4n) is 3.29. The van der Waals surface area contributed by atoms with Gasteiger partial charge in [0.1, 0.15) is 11.5 Å². The largest absolute Gasteiger partial charge is 0.305 e. The number of H-pyrrole nitrogens is 1. The molecular formula is C20H18N4O4S. The minimum absolute atomic E-state index is 0.0635. The van der Waals surface area contributed by atoms with Crippen LogP contribution in [0.25, 0.3) is 11.5 Å². The van der Waals surface area contributed by atoms with E-state index in [0.29, 0.717) is 30.6 Å². The molecule has 0 bridgehead atoms. The topological polar surface area (TPSA) is 113 Å². The number of carbonyl (C=O) groups is 1. The summed E-state index contributed by atoms with van der Waals surface area (Å²) in [6.45, 7) is 0.382. The van der Waals surface area contributed by atoms with Gasteiger partial charge in [-0.2, -0.15) is 0 Å². The van der Waals surface area contributed by atoms with Gasteiger partial charge in [-0.3, -0.25) is 19.5 Å². The number of rotatable bonds is 3. The predicted molar refractivity (Wildman–Crippen MR) is 108 cm³/mol. The van der Waals surface area contributed by atoms with E-state index in [9.17, 15) is 18.0 Å². The van der Waals surface area contributed by atoms with Crippen LogP contribution in [0.5, 0.6) is 0 Å². The summed E-state index contributed by atoms with van der Waals surface area (Å²) in [6, 6.07) is 11.1. The molecule has 0 atom stereocenters. The smallest absolute Gasteiger partial charge is 0.259 e. The molecule has 0 saturated carbocycles. The number of aromatic amines is 1. The van der Waals surface area contributed by atoms with Crippen LogP contribution in [0.15, 0.2) is 58.4 Å². The van der Waals surface area contributed by atoms with Gasteiger partial charge in [0.2, 0.25) is 0 Å². The minimum Gasteiger partial charge on any atom is -0.305 e. The molecule has 9 heteroatoms. The molecule has 2 aromatic heterocycles. The van der Waals surface area contributed by atoms with Gasteiger partial charge >= 0.3 is 0 Å². The van der Waals surface area contributed by atoms with Crippen molar-refractivity contribution in [3.8, 4) is 11.5 Å². The quantitative estimate of drug-likeness (QED) is 0.705. The van der Waals surface area contributed by atoms with E-state index in [0.717, 1.165) is 6.26 Å². The van der Waals surface area contributed by atoms with Crippen molar-refractivity contribution in [2.24, 2.45) is 0 Å². The average molecular weight is 410 g/mol. The Labute approximate surface area is 167 Å². The maximum absolute atomic E-state index is 13.2. The van der Waals surface area contributed by atoms with Crippen molar-refractivity contribution in [1.82, 2.24) is 15.0 Å². The van der Waals surface area contributed by atoms with Crippen molar-refractivity contribution in [3.05, 3.63) is 70.1 Å². The van der Waals surface area contributed by atoms with E-state index in [2.05, 4.69) is 15.0 Å². The number of benzene rings is 1. The van der Waals surface area contributed by atoms with Crippen LogP contribution in [-0.2, 0) is 16.3 Å². The van der Waals surface area contributed by atoms with E-state index >= 15 is 0 Å². The first kappa shape index (κ1) is 19.0. The molecule has 1 aliphatic rings. The number of sulfone groups is 1. The lowest BCUT2D eigenvalue weighted by atomic mass is 10.1. The lowest BCUT2D eigenvalue weighted by Crippen LogP contribution is -2.39. The summed E-state index contributed by atoms with van der Waals surface area (Å²) in [4.78, 5) is 38.7. The van der Waals surface area contributed by atoms with E-state index in [1.165, 1.54) is 23.1 Å². The van der Waals surface area contributed by atoms with Crippen molar-refractivity contribution < 1.29 is 13.2 Å². The van der Waals surface area contributed by atoms with Crippen LogP contribution in [0.1, 0.15) is 22.3 Å². The Morgan fingerprint density at radius 2 is 2.00 bits per heavy atom. The second-order valence-corrected chi connectivity index (χ2v) is 8.81. The number of pyridine rings is 1. The number of anilines is 1. The molecule has 0 spiro atoms. The summed E-state index contributed by atoms with van der Waals surface area (Å²) in [5, 5.41) is 0. The van der Waals surface area contributed by atoms with Crippen LogP contribution in [0.4, 0.5) is 5.82 Å². The first-order chi connectivity index (χ1) is 13.8. The fourth-order valence-corrected chi connectivity index (χ4v) is 3.96. The second kappa shape index (κ2) is 7.25. The van der Waals surface area contributed by atoms with Crippen molar-refractivity contribution in [1.29, 1.82) is 0 Å². The summed E-state index contributed by atoms with van der Waals surface area (Å²) < 4.78 is 23.7. The van der Waals surface area contributed by atoms with Gasteiger partial charge in [-0.15, -0.1) is 0 Å². The van der Waals surface area contributed by atoms with Gasteiger partial charge in [-0.05, 0) is 43.2 Å². The number of amides is 1. The maximum atomic E-state index is 13.2. The molecule has 0 saturated heterocycles. The fraction of sp³-hybridized carbons (Fsp3) is 0.200. The molecule has 0 aliphatic carbocycles. The van der Waals surface area contributed by atoms with Crippen molar-refractivity contribution >= 4 is 21.6 Å². The molecular weight excluding hydrogens is 392 g/mol. The predicted octanol–water partition coefficient (Wildman–Crippen LogP) is 1.83. The Bertz CT molecular complexity index is 1250.